The number of rotatable bonds is 2. The average molecular weight is 193 g/mol. The van der Waals surface area contributed by atoms with Gasteiger partial charge in [-0.2, -0.15) is 4.31 Å². The molecule has 1 aliphatic rings. The topological polar surface area (TPSA) is 57.6 Å². The molecule has 0 heterocycles. The molecule has 1 N–H and O–H groups in total. The molecule has 0 spiro atoms. The van der Waals surface area contributed by atoms with E-state index in [9.17, 15) is 13.5 Å². The van der Waals surface area contributed by atoms with Crippen molar-refractivity contribution in [1.29, 1.82) is 0 Å². The van der Waals surface area contributed by atoms with Gasteiger partial charge in [-0.3, -0.25) is 0 Å². The molecule has 1 saturated carbocycles. The van der Waals surface area contributed by atoms with Crippen LogP contribution in [0.1, 0.15) is 19.3 Å². The highest BCUT2D eigenvalue weighted by Crippen LogP contribution is 2.24. The number of sulfonamides is 1. The van der Waals surface area contributed by atoms with E-state index in [4.69, 9.17) is 0 Å². The fourth-order valence-corrected chi connectivity index (χ4v) is 2.33. The maximum absolute atomic E-state index is 11.1. The summed E-state index contributed by atoms with van der Waals surface area (Å²) >= 11 is 0. The van der Waals surface area contributed by atoms with Crippen LogP contribution >= 0.6 is 0 Å². The molecule has 0 aliphatic heterocycles. The van der Waals surface area contributed by atoms with Crippen LogP contribution < -0.4 is 0 Å². The van der Waals surface area contributed by atoms with Crippen molar-refractivity contribution in [2.75, 3.05) is 13.3 Å². The lowest BCUT2D eigenvalue weighted by Gasteiger charge is -2.24. The van der Waals surface area contributed by atoms with Crippen molar-refractivity contribution in [2.45, 2.75) is 31.4 Å². The third kappa shape index (κ3) is 1.97. The van der Waals surface area contributed by atoms with Crippen molar-refractivity contribution < 1.29 is 13.5 Å². The van der Waals surface area contributed by atoms with E-state index >= 15 is 0 Å². The molecule has 0 bridgehead atoms. The minimum atomic E-state index is -3.15. The Bertz CT molecular complexity index is 249. The van der Waals surface area contributed by atoms with Crippen LogP contribution in [-0.2, 0) is 10.0 Å². The third-order valence-corrected chi connectivity index (χ3v) is 3.75. The Morgan fingerprint density at radius 1 is 1.42 bits per heavy atom. The summed E-state index contributed by atoms with van der Waals surface area (Å²) in [4.78, 5) is 0. The quantitative estimate of drug-likeness (QED) is 0.660. The Morgan fingerprint density at radius 3 is 2.33 bits per heavy atom. The molecule has 2 unspecified atom stereocenters. The summed E-state index contributed by atoms with van der Waals surface area (Å²) in [5, 5.41) is 9.42. The van der Waals surface area contributed by atoms with Gasteiger partial charge in [0.15, 0.2) is 0 Å². The van der Waals surface area contributed by atoms with Crippen molar-refractivity contribution in [3.8, 4) is 0 Å². The minimum Gasteiger partial charge on any atom is -0.391 e. The molecular weight excluding hydrogens is 178 g/mol. The first-order chi connectivity index (χ1) is 5.43. The van der Waals surface area contributed by atoms with Crippen LogP contribution in [0.15, 0.2) is 0 Å². The lowest BCUT2D eigenvalue weighted by atomic mass is 10.2. The lowest BCUT2D eigenvalue weighted by Crippen LogP contribution is -2.40. The Morgan fingerprint density at radius 2 is 2.00 bits per heavy atom. The van der Waals surface area contributed by atoms with E-state index in [-0.39, 0.29) is 6.04 Å². The molecule has 12 heavy (non-hydrogen) atoms. The van der Waals surface area contributed by atoms with E-state index in [0.717, 1.165) is 19.1 Å². The summed E-state index contributed by atoms with van der Waals surface area (Å²) < 4.78 is 23.4. The fraction of sp³-hybridized carbons (Fsp3) is 1.00. The van der Waals surface area contributed by atoms with Crippen molar-refractivity contribution in [3.05, 3.63) is 0 Å². The molecule has 1 rings (SSSR count). The highest BCUT2D eigenvalue weighted by molar-refractivity contribution is 7.88. The Balaban J connectivity index is 2.70. The molecule has 5 heteroatoms. The summed E-state index contributed by atoms with van der Waals surface area (Å²) in [5.74, 6) is 0. The van der Waals surface area contributed by atoms with E-state index in [1.54, 1.807) is 0 Å². The van der Waals surface area contributed by atoms with Crippen LogP contribution in [0.4, 0.5) is 0 Å². The predicted molar refractivity (Wildman–Crippen MR) is 46.3 cm³/mol. The summed E-state index contributed by atoms with van der Waals surface area (Å²) in [5.41, 5.74) is 0. The number of hydrogen-bond acceptors (Lipinski definition) is 3. The van der Waals surface area contributed by atoms with E-state index in [1.807, 2.05) is 0 Å². The molecular formula is C7H15NO3S. The van der Waals surface area contributed by atoms with Crippen LogP contribution in [0.5, 0.6) is 0 Å². The maximum atomic E-state index is 11.1. The zero-order valence-electron chi connectivity index (χ0n) is 7.40. The smallest absolute Gasteiger partial charge is 0.211 e. The first-order valence-corrected chi connectivity index (χ1v) is 5.89. The van der Waals surface area contributed by atoms with Crippen molar-refractivity contribution in [1.82, 2.24) is 4.31 Å². The van der Waals surface area contributed by atoms with Crippen LogP contribution in [-0.4, -0.2) is 43.3 Å². The van der Waals surface area contributed by atoms with Gasteiger partial charge in [-0.15, -0.1) is 0 Å². The molecule has 1 aliphatic carbocycles. The van der Waals surface area contributed by atoms with Gasteiger partial charge in [0, 0.05) is 7.05 Å². The van der Waals surface area contributed by atoms with Crippen LogP contribution in [0.2, 0.25) is 0 Å². The first kappa shape index (κ1) is 9.95. The third-order valence-electron chi connectivity index (χ3n) is 2.43. The van der Waals surface area contributed by atoms with E-state index in [1.165, 1.54) is 11.4 Å². The molecule has 0 saturated heterocycles. The second-order valence-electron chi connectivity index (χ2n) is 3.34. The standard InChI is InChI=1S/C7H15NO3S/c1-8(12(2,10)11)6-4-3-5-7(6)9/h6-7,9H,3-5H2,1-2H3. The Hall–Kier alpha value is -0.130. The van der Waals surface area contributed by atoms with Gasteiger partial charge in [0.2, 0.25) is 10.0 Å². The highest BCUT2D eigenvalue weighted by Gasteiger charge is 2.32. The lowest BCUT2D eigenvalue weighted by molar-refractivity contribution is 0.122. The van der Waals surface area contributed by atoms with Gasteiger partial charge in [0.25, 0.3) is 0 Å². The van der Waals surface area contributed by atoms with E-state index in [2.05, 4.69) is 0 Å². The van der Waals surface area contributed by atoms with E-state index in [0.29, 0.717) is 6.42 Å². The molecule has 0 amide bonds. The van der Waals surface area contributed by atoms with Gasteiger partial charge >= 0.3 is 0 Å². The Labute approximate surface area is 73.2 Å². The molecule has 4 nitrogen and oxygen atoms in total. The monoisotopic (exact) mass is 193 g/mol. The van der Waals surface area contributed by atoms with Crippen molar-refractivity contribution in [2.24, 2.45) is 0 Å². The van der Waals surface area contributed by atoms with Gasteiger partial charge in [-0.25, -0.2) is 8.42 Å². The SMILES string of the molecule is CN(C1CCCC1O)S(C)(=O)=O. The summed E-state index contributed by atoms with van der Waals surface area (Å²) in [7, 11) is -1.62. The highest BCUT2D eigenvalue weighted by atomic mass is 32.2. The van der Waals surface area contributed by atoms with Crippen LogP contribution in [0.3, 0.4) is 0 Å². The normalized spacial score (nSPS) is 31.3. The number of hydrogen-bond donors (Lipinski definition) is 1. The zero-order chi connectivity index (χ0) is 9.35. The van der Waals surface area contributed by atoms with Crippen molar-refractivity contribution >= 4 is 10.0 Å². The first-order valence-electron chi connectivity index (χ1n) is 4.04. The predicted octanol–water partition coefficient (Wildman–Crippen LogP) is -0.209. The number of nitrogens with zero attached hydrogens (tertiary/aromatic N) is 1. The average Bonchev–Trinajstić information content (AvgIpc) is 2.31. The summed E-state index contributed by atoms with van der Waals surface area (Å²) in [6.07, 6.45) is 3.07. The van der Waals surface area contributed by atoms with Gasteiger partial charge < -0.3 is 5.11 Å². The molecule has 0 radical (unpaired) electrons. The minimum absolute atomic E-state index is 0.208. The molecule has 72 valence electrons. The van der Waals surface area contributed by atoms with Gasteiger partial charge in [0.05, 0.1) is 18.4 Å². The molecule has 2 atom stereocenters. The number of likely N-dealkylation sites (N-methyl/N-ethyl adjacent to an activating group) is 1. The van der Waals surface area contributed by atoms with Crippen LogP contribution in [0.25, 0.3) is 0 Å². The van der Waals surface area contributed by atoms with Gasteiger partial charge in [-0.1, -0.05) is 0 Å². The molecule has 0 aromatic heterocycles. The summed E-state index contributed by atoms with van der Waals surface area (Å²) in [6, 6.07) is -0.208. The summed E-state index contributed by atoms with van der Waals surface area (Å²) in [6.45, 7) is 0. The second kappa shape index (κ2) is 3.32. The molecule has 1 fully saturated rings. The number of aliphatic hydroxyl groups excluding tert-OH is 1. The van der Waals surface area contributed by atoms with Gasteiger partial charge in [0.1, 0.15) is 0 Å². The van der Waals surface area contributed by atoms with Crippen molar-refractivity contribution in [3.63, 3.8) is 0 Å². The second-order valence-corrected chi connectivity index (χ2v) is 5.39. The van der Waals surface area contributed by atoms with Crippen LogP contribution in [0, 0.1) is 0 Å². The molecule has 0 aromatic rings. The fourth-order valence-electron chi connectivity index (χ4n) is 1.59. The van der Waals surface area contributed by atoms with E-state index < -0.39 is 16.1 Å². The maximum Gasteiger partial charge on any atom is 0.211 e. The largest absolute Gasteiger partial charge is 0.391 e. The molecule has 0 aromatic carbocycles. The Kier molecular flexibility index (Phi) is 2.75. The number of aliphatic hydroxyl groups is 1. The zero-order valence-corrected chi connectivity index (χ0v) is 8.21. The van der Waals surface area contributed by atoms with Gasteiger partial charge in [-0.05, 0) is 19.3 Å².